The molecule has 15 heavy (non-hydrogen) atoms. The molecule has 0 radical (unpaired) electrons. The number of aliphatic carboxylic acids is 1. The zero-order chi connectivity index (χ0) is 10.4. The van der Waals surface area contributed by atoms with Crippen LogP contribution in [0.1, 0.15) is 38.5 Å². The molecule has 84 valence electrons. The molecule has 1 aliphatic carbocycles. The van der Waals surface area contributed by atoms with E-state index in [2.05, 4.69) is 4.90 Å². The van der Waals surface area contributed by atoms with Crippen LogP contribution in [0.3, 0.4) is 0 Å². The number of rotatable bonds is 1. The van der Waals surface area contributed by atoms with Crippen LogP contribution in [0.2, 0.25) is 0 Å². The Balaban J connectivity index is 1.71. The monoisotopic (exact) mass is 209 g/mol. The Bertz CT molecular complexity index is 279. The molecular formula is C12H19NO2. The predicted octanol–water partition coefficient (Wildman–Crippen LogP) is 1.72. The number of hydrogen-bond acceptors (Lipinski definition) is 2. The summed E-state index contributed by atoms with van der Waals surface area (Å²) in [5.74, 6) is 0.0666. The molecule has 0 unspecified atom stereocenters. The van der Waals surface area contributed by atoms with Crippen LogP contribution < -0.4 is 0 Å². The van der Waals surface area contributed by atoms with Crippen molar-refractivity contribution in [3.63, 3.8) is 0 Å². The minimum absolute atomic E-state index is 0.0497. The maximum atomic E-state index is 11.0. The molecule has 0 spiro atoms. The molecule has 0 aromatic rings. The summed E-state index contributed by atoms with van der Waals surface area (Å²) in [7, 11) is 0. The Kier molecular flexibility index (Phi) is 2.23. The maximum Gasteiger partial charge on any atom is 0.306 e. The average molecular weight is 209 g/mol. The van der Waals surface area contributed by atoms with Gasteiger partial charge in [-0.25, -0.2) is 0 Å². The highest BCUT2D eigenvalue weighted by Gasteiger charge is 2.46. The summed E-state index contributed by atoms with van der Waals surface area (Å²) in [4.78, 5) is 13.6. The van der Waals surface area contributed by atoms with E-state index in [0.717, 1.165) is 31.3 Å². The fourth-order valence-corrected chi connectivity index (χ4v) is 4.06. The summed E-state index contributed by atoms with van der Waals surface area (Å²) in [5, 5.41) is 9.05. The van der Waals surface area contributed by atoms with E-state index in [0.29, 0.717) is 5.92 Å². The smallest absolute Gasteiger partial charge is 0.306 e. The van der Waals surface area contributed by atoms with E-state index in [9.17, 15) is 4.79 Å². The highest BCUT2D eigenvalue weighted by molar-refractivity contribution is 5.70. The van der Waals surface area contributed by atoms with Gasteiger partial charge >= 0.3 is 5.97 Å². The number of carboxylic acid groups (broad SMARTS) is 1. The molecule has 2 heterocycles. The number of carboxylic acids is 1. The van der Waals surface area contributed by atoms with E-state index in [-0.39, 0.29) is 5.92 Å². The van der Waals surface area contributed by atoms with E-state index in [4.69, 9.17) is 5.11 Å². The molecule has 0 aromatic heterocycles. The Morgan fingerprint density at radius 2 is 2.07 bits per heavy atom. The number of carbonyl (C=O) groups is 1. The molecule has 3 heteroatoms. The zero-order valence-corrected chi connectivity index (χ0v) is 9.06. The second-order valence-corrected chi connectivity index (χ2v) is 5.45. The minimum Gasteiger partial charge on any atom is -0.481 e. The van der Waals surface area contributed by atoms with Crippen LogP contribution in [0.5, 0.6) is 0 Å². The third kappa shape index (κ3) is 1.48. The first-order valence-electron chi connectivity index (χ1n) is 6.24. The molecule has 0 amide bonds. The third-order valence-corrected chi connectivity index (χ3v) is 4.72. The Labute approximate surface area is 90.5 Å². The van der Waals surface area contributed by atoms with Gasteiger partial charge in [-0.3, -0.25) is 9.69 Å². The van der Waals surface area contributed by atoms with Crippen molar-refractivity contribution < 1.29 is 9.90 Å². The minimum atomic E-state index is -0.569. The zero-order valence-electron chi connectivity index (χ0n) is 9.06. The van der Waals surface area contributed by atoms with Crippen molar-refractivity contribution in [2.45, 2.75) is 50.6 Å². The maximum absolute atomic E-state index is 11.0. The highest BCUT2D eigenvalue weighted by atomic mass is 16.4. The molecule has 2 saturated heterocycles. The highest BCUT2D eigenvalue weighted by Crippen LogP contribution is 2.45. The van der Waals surface area contributed by atoms with Gasteiger partial charge in [-0.1, -0.05) is 0 Å². The molecule has 2 aliphatic heterocycles. The van der Waals surface area contributed by atoms with Crippen molar-refractivity contribution in [3.8, 4) is 0 Å². The lowest BCUT2D eigenvalue weighted by Gasteiger charge is -2.33. The summed E-state index contributed by atoms with van der Waals surface area (Å²) in [5.41, 5.74) is 0. The summed E-state index contributed by atoms with van der Waals surface area (Å²) in [6, 6.07) is 1.53. The third-order valence-electron chi connectivity index (χ3n) is 4.72. The van der Waals surface area contributed by atoms with E-state index < -0.39 is 5.97 Å². The fraction of sp³-hybridized carbons (Fsp3) is 0.917. The first kappa shape index (κ1) is 9.64. The van der Waals surface area contributed by atoms with E-state index in [1.807, 2.05) is 0 Å². The van der Waals surface area contributed by atoms with Gasteiger partial charge in [-0.15, -0.1) is 0 Å². The summed E-state index contributed by atoms with van der Waals surface area (Å²) in [6.45, 7) is 1.27. The molecule has 0 bridgehead atoms. The Morgan fingerprint density at radius 1 is 1.20 bits per heavy atom. The van der Waals surface area contributed by atoms with Gasteiger partial charge in [0.1, 0.15) is 0 Å². The van der Waals surface area contributed by atoms with Crippen LogP contribution >= 0.6 is 0 Å². The average Bonchev–Trinajstić information content (AvgIpc) is 2.75. The first-order chi connectivity index (χ1) is 7.25. The van der Waals surface area contributed by atoms with Gasteiger partial charge in [-0.05, 0) is 51.0 Å². The Morgan fingerprint density at radius 3 is 2.87 bits per heavy atom. The van der Waals surface area contributed by atoms with Crippen molar-refractivity contribution in [1.29, 1.82) is 0 Å². The molecule has 4 atom stereocenters. The topological polar surface area (TPSA) is 40.5 Å². The lowest BCUT2D eigenvalue weighted by molar-refractivity contribution is -0.143. The Hall–Kier alpha value is -0.570. The van der Waals surface area contributed by atoms with Gasteiger partial charge in [0.25, 0.3) is 0 Å². The second-order valence-electron chi connectivity index (χ2n) is 5.45. The van der Waals surface area contributed by atoms with E-state index in [1.165, 1.54) is 25.8 Å². The second kappa shape index (κ2) is 3.48. The van der Waals surface area contributed by atoms with Crippen molar-refractivity contribution in [3.05, 3.63) is 0 Å². The van der Waals surface area contributed by atoms with Gasteiger partial charge in [-0.2, -0.15) is 0 Å². The molecule has 3 fully saturated rings. The lowest BCUT2D eigenvalue weighted by atomic mass is 9.78. The van der Waals surface area contributed by atoms with Gasteiger partial charge in [0.15, 0.2) is 0 Å². The molecule has 3 aliphatic rings. The number of fused-ring (bicyclic) bond motifs is 3. The van der Waals surface area contributed by atoms with Crippen molar-refractivity contribution >= 4 is 5.97 Å². The van der Waals surface area contributed by atoms with Crippen molar-refractivity contribution in [1.82, 2.24) is 4.90 Å². The molecule has 1 saturated carbocycles. The predicted molar refractivity (Wildman–Crippen MR) is 56.6 cm³/mol. The molecule has 3 rings (SSSR count). The summed E-state index contributed by atoms with van der Waals surface area (Å²) in [6.07, 6.45) is 6.94. The van der Waals surface area contributed by atoms with Crippen LogP contribution in [0.4, 0.5) is 0 Å². The molecule has 1 N–H and O–H groups in total. The van der Waals surface area contributed by atoms with E-state index >= 15 is 0 Å². The van der Waals surface area contributed by atoms with Crippen molar-refractivity contribution in [2.24, 2.45) is 11.8 Å². The van der Waals surface area contributed by atoms with Crippen LogP contribution in [0.15, 0.2) is 0 Å². The van der Waals surface area contributed by atoms with E-state index in [1.54, 1.807) is 0 Å². The SMILES string of the molecule is O=C(O)[C@@H]1CC[C@@H]2[C@@H](C1)C[C@@H]1CCCN12. The molecular weight excluding hydrogens is 190 g/mol. The van der Waals surface area contributed by atoms with Crippen LogP contribution in [-0.4, -0.2) is 34.6 Å². The van der Waals surface area contributed by atoms with Gasteiger partial charge in [0.2, 0.25) is 0 Å². The normalized spacial score (nSPS) is 45.1. The van der Waals surface area contributed by atoms with Gasteiger partial charge < -0.3 is 5.11 Å². The fourth-order valence-electron chi connectivity index (χ4n) is 4.06. The summed E-state index contributed by atoms with van der Waals surface area (Å²) >= 11 is 0. The quantitative estimate of drug-likeness (QED) is 0.715. The molecule has 3 nitrogen and oxygen atoms in total. The first-order valence-corrected chi connectivity index (χ1v) is 6.24. The number of nitrogens with zero attached hydrogens (tertiary/aromatic N) is 1. The largest absolute Gasteiger partial charge is 0.481 e. The lowest BCUT2D eigenvalue weighted by Crippen LogP contribution is -2.38. The van der Waals surface area contributed by atoms with Crippen LogP contribution in [-0.2, 0) is 4.79 Å². The van der Waals surface area contributed by atoms with Crippen molar-refractivity contribution in [2.75, 3.05) is 6.54 Å². The van der Waals surface area contributed by atoms with Crippen LogP contribution in [0, 0.1) is 11.8 Å². The van der Waals surface area contributed by atoms with Gasteiger partial charge in [0, 0.05) is 12.1 Å². The van der Waals surface area contributed by atoms with Gasteiger partial charge in [0.05, 0.1) is 5.92 Å². The molecule has 0 aromatic carbocycles. The number of hydrogen-bond donors (Lipinski definition) is 1. The standard InChI is InChI=1S/C12H19NO2/c14-12(15)8-3-4-11-9(6-8)7-10-2-1-5-13(10)11/h8-11H,1-7H2,(H,14,15)/t8-,9+,10+,11-/m1/s1. The summed E-state index contributed by atoms with van der Waals surface area (Å²) < 4.78 is 0. The van der Waals surface area contributed by atoms with Crippen LogP contribution in [0.25, 0.3) is 0 Å².